The van der Waals surface area contributed by atoms with Crippen LogP contribution in [-0.2, 0) is 4.79 Å². The maximum atomic E-state index is 10.6. The number of para-hydroxylation sites is 3. The normalized spacial score (nSPS) is 10.6. The minimum Gasteiger partial charge on any atom is -0.481 e. The molecule has 0 spiro atoms. The zero-order chi connectivity index (χ0) is 13.9. The molecule has 100 valence electrons. The van der Waals surface area contributed by atoms with E-state index >= 15 is 0 Å². The molecule has 0 aliphatic heterocycles. The number of benzene rings is 2. The molecule has 0 unspecified atom stereocenters. The molecule has 0 fully saturated rings. The van der Waals surface area contributed by atoms with Gasteiger partial charge in [-0.2, -0.15) is 0 Å². The van der Waals surface area contributed by atoms with Crippen molar-refractivity contribution in [3.8, 4) is 17.2 Å². The first kappa shape index (κ1) is 12.2. The van der Waals surface area contributed by atoms with Gasteiger partial charge >= 0.3 is 5.97 Å². The standard InChI is InChI=1S/C15H11NO4/c17-14(18)9-19-12-7-3-1-5-10(12)15-16-11-6-2-4-8-13(11)20-15/h1-8H,9H2,(H,17,18). The van der Waals surface area contributed by atoms with E-state index in [4.69, 9.17) is 14.3 Å². The highest BCUT2D eigenvalue weighted by atomic mass is 16.5. The number of nitrogens with zero attached hydrogens (tertiary/aromatic N) is 1. The third kappa shape index (κ3) is 2.33. The lowest BCUT2D eigenvalue weighted by atomic mass is 10.2. The van der Waals surface area contributed by atoms with E-state index in [1.807, 2.05) is 30.3 Å². The van der Waals surface area contributed by atoms with E-state index < -0.39 is 12.6 Å². The zero-order valence-corrected chi connectivity index (χ0v) is 10.4. The van der Waals surface area contributed by atoms with Gasteiger partial charge in [0.25, 0.3) is 0 Å². The van der Waals surface area contributed by atoms with Crippen molar-refractivity contribution in [2.75, 3.05) is 6.61 Å². The number of ether oxygens (including phenoxy) is 1. The molecule has 2 aromatic carbocycles. The minimum absolute atomic E-state index is 0.406. The van der Waals surface area contributed by atoms with E-state index in [0.717, 1.165) is 5.52 Å². The third-order valence-electron chi connectivity index (χ3n) is 2.76. The molecule has 0 aliphatic rings. The van der Waals surface area contributed by atoms with Crippen molar-refractivity contribution < 1.29 is 19.1 Å². The van der Waals surface area contributed by atoms with Gasteiger partial charge in [-0.15, -0.1) is 0 Å². The average molecular weight is 269 g/mol. The molecule has 0 aliphatic carbocycles. The monoisotopic (exact) mass is 269 g/mol. The smallest absolute Gasteiger partial charge is 0.341 e. The lowest BCUT2D eigenvalue weighted by molar-refractivity contribution is -0.139. The molecule has 5 heteroatoms. The number of fused-ring (bicyclic) bond motifs is 1. The van der Waals surface area contributed by atoms with E-state index in [1.165, 1.54) is 0 Å². The van der Waals surface area contributed by atoms with Crippen molar-refractivity contribution in [3.63, 3.8) is 0 Å². The number of rotatable bonds is 4. The summed E-state index contributed by atoms with van der Waals surface area (Å²) in [5, 5.41) is 8.69. The van der Waals surface area contributed by atoms with Crippen LogP contribution in [0, 0.1) is 0 Å². The molecule has 1 heterocycles. The summed E-state index contributed by atoms with van der Waals surface area (Å²) in [4.78, 5) is 15.0. The first-order valence-corrected chi connectivity index (χ1v) is 6.03. The Morgan fingerprint density at radius 3 is 2.70 bits per heavy atom. The number of carbonyl (C=O) groups is 1. The lowest BCUT2D eigenvalue weighted by Gasteiger charge is -2.06. The number of carboxylic acid groups (broad SMARTS) is 1. The summed E-state index contributed by atoms with van der Waals surface area (Å²) in [7, 11) is 0. The van der Waals surface area contributed by atoms with Gasteiger partial charge in [-0.1, -0.05) is 24.3 Å². The molecule has 0 saturated heterocycles. The number of aromatic nitrogens is 1. The predicted octanol–water partition coefficient (Wildman–Crippen LogP) is 2.96. The van der Waals surface area contributed by atoms with Crippen molar-refractivity contribution in [2.45, 2.75) is 0 Å². The van der Waals surface area contributed by atoms with Crippen LogP contribution in [0.1, 0.15) is 0 Å². The number of hydrogen-bond donors (Lipinski definition) is 1. The zero-order valence-electron chi connectivity index (χ0n) is 10.4. The Kier molecular flexibility index (Phi) is 3.09. The second-order valence-corrected chi connectivity index (χ2v) is 4.17. The quantitative estimate of drug-likeness (QED) is 0.788. The first-order valence-electron chi connectivity index (χ1n) is 6.03. The van der Waals surface area contributed by atoms with E-state index in [9.17, 15) is 4.79 Å². The SMILES string of the molecule is O=C(O)COc1ccccc1-c1nc2ccccc2o1. The fraction of sp³-hybridized carbons (Fsp3) is 0.0667. The molecule has 3 rings (SSSR count). The summed E-state index contributed by atoms with van der Waals surface area (Å²) < 4.78 is 10.9. The van der Waals surface area contributed by atoms with Gasteiger partial charge in [-0.3, -0.25) is 0 Å². The van der Waals surface area contributed by atoms with E-state index in [2.05, 4.69) is 4.98 Å². The van der Waals surface area contributed by atoms with Gasteiger partial charge in [0.15, 0.2) is 12.2 Å². The summed E-state index contributed by atoms with van der Waals surface area (Å²) in [6, 6.07) is 14.5. The lowest BCUT2D eigenvalue weighted by Crippen LogP contribution is -2.09. The van der Waals surface area contributed by atoms with Gasteiger partial charge in [0.1, 0.15) is 11.3 Å². The topological polar surface area (TPSA) is 72.6 Å². The highest BCUT2D eigenvalue weighted by Crippen LogP contribution is 2.31. The van der Waals surface area contributed by atoms with Gasteiger partial charge in [-0.05, 0) is 24.3 Å². The number of carboxylic acids is 1. The van der Waals surface area contributed by atoms with E-state index in [0.29, 0.717) is 22.8 Å². The Morgan fingerprint density at radius 2 is 1.90 bits per heavy atom. The van der Waals surface area contributed by atoms with Gasteiger partial charge in [0.2, 0.25) is 5.89 Å². The van der Waals surface area contributed by atoms with E-state index in [1.54, 1.807) is 18.2 Å². The van der Waals surface area contributed by atoms with Crippen molar-refractivity contribution in [2.24, 2.45) is 0 Å². The predicted molar refractivity (Wildman–Crippen MR) is 72.6 cm³/mol. The van der Waals surface area contributed by atoms with Crippen LogP contribution in [0.5, 0.6) is 5.75 Å². The van der Waals surface area contributed by atoms with Crippen molar-refractivity contribution in [3.05, 3.63) is 48.5 Å². The summed E-state index contributed by atoms with van der Waals surface area (Å²) >= 11 is 0. The number of oxazole rings is 1. The molecule has 20 heavy (non-hydrogen) atoms. The Balaban J connectivity index is 2.02. The number of aliphatic carboxylic acids is 1. The second-order valence-electron chi connectivity index (χ2n) is 4.17. The van der Waals surface area contributed by atoms with Crippen LogP contribution < -0.4 is 4.74 Å². The molecule has 0 saturated carbocycles. The van der Waals surface area contributed by atoms with E-state index in [-0.39, 0.29) is 0 Å². The Hall–Kier alpha value is -2.82. The van der Waals surface area contributed by atoms with Gasteiger partial charge in [0, 0.05) is 0 Å². The molecule has 3 aromatic rings. The molecule has 5 nitrogen and oxygen atoms in total. The van der Waals surface area contributed by atoms with Crippen LogP contribution in [0.2, 0.25) is 0 Å². The van der Waals surface area contributed by atoms with Gasteiger partial charge < -0.3 is 14.3 Å². The Morgan fingerprint density at radius 1 is 1.15 bits per heavy atom. The van der Waals surface area contributed by atoms with Crippen molar-refractivity contribution in [1.82, 2.24) is 4.98 Å². The summed E-state index contributed by atoms with van der Waals surface area (Å²) in [5.74, 6) is -0.189. The highest BCUT2D eigenvalue weighted by Gasteiger charge is 2.13. The largest absolute Gasteiger partial charge is 0.481 e. The molecule has 0 amide bonds. The summed E-state index contributed by atoms with van der Waals surface area (Å²) in [6.45, 7) is -0.406. The molecule has 0 radical (unpaired) electrons. The van der Waals surface area contributed by atoms with Crippen LogP contribution in [0.4, 0.5) is 0 Å². The van der Waals surface area contributed by atoms with Gasteiger partial charge in [0.05, 0.1) is 5.56 Å². The van der Waals surface area contributed by atoms with Crippen LogP contribution in [0.15, 0.2) is 52.9 Å². The fourth-order valence-corrected chi connectivity index (χ4v) is 1.90. The number of hydrogen-bond acceptors (Lipinski definition) is 4. The molecular formula is C15H11NO4. The summed E-state index contributed by atoms with van der Waals surface area (Å²) in [5.41, 5.74) is 2.05. The van der Waals surface area contributed by atoms with Crippen LogP contribution in [-0.4, -0.2) is 22.7 Å². The minimum atomic E-state index is -1.03. The molecule has 0 bridgehead atoms. The maximum Gasteiger partial charge on any atom is 0.341 e. The van der Waals surface area contributed by atoms with Crippen molar-refractivity contribution in [1.29, 1.82) is 0 Å². The second kappa shape index (κ2) is 5.05. The third-order valence-corrected chi connectivity index (χ3v) is 2.76. The molecule has 1 aromatic heterocycles. The maximum absolute atomic E-state index is 10.6. The molecule has 0 atom stereocenters. The highest BCUT2D eigenvalue weighted by molar-refractivity contribution is 5.77. The molecular weight excluding hydrogens is 258 g/mol. The summed E-state index contributed by atoms with van der Waals surface area (Å²) in [6.07, 6.45) is 0. The van der Waals surface area contributed by atoms with Crippen LogP contribution in [0.25, 0.3) is 22.6 Å². The Labute approximate surface area is 114 Å². The average Bonchev–Trinajstić information content (AvgIpc) is 2.89. The van der Waals surface area contributed by atoms with Crippen LogP contribution in [0.3, 0.4) is 0 Å². The first-order chi connectivity index (χ1) is 9.74. The van der Waals surface area contributed by atoms with Crippen LogP contribution >= 0.6 is 0 Å². The Bertz CT molecular complexity index is 730. The fourth-order valence-electron chi connectivity index (χ4n) is 1.90. The van der Waals surface area contributed by atoms with Crippen molar-refractivity contribution >= 4 is 17.1 Å². The molecule has 1 N–H and O–H groups in total. The van der Waals surface area contributed by atoms with Gasteiger partial charge in [-0.25, -0.2) is 9.78 Å².